The number of hydrogen-bond donors (Lipinski definition) is 1. The Morgan fingerprint density at radius 1 is 1.15 bits per heavy atom. The highest BCUT2D eigenvalue weighted by atomic mass is 16.5. The fourth-order valence-electron chi connectivity index (χ4n) is 1.49. The zero-order valence-electron chi connectivity index (χ0n) is 12.3. The quantitative estimate of drug-likeness (QED) is 0.809. The van der Waals surface area contributed by atoms with Crippen molar-refractivity contribution < 1.29 is 19.1 Å². The van der Waals surface area contributed by atoms with Gasteiger partial charge in [-0.25, -0.2) is 4.79 Å². The van der Waals surface area contributed by atoms with Crippen LogP contribution in [0.25, 0.3) is 0 Å². The first kappa shape index (κ1) is 16.0. The third kappa shape index (κ3) is 4.91. The highest BCUT2D eigenvalue weighted by Gasteiger charge is 2.15. The summed E-state index contributed by atoms with van der Waals surface area (Å²) in [5, 5.41) is 2.80. The number of nitrogens with one attached hydrogen (secondary N) is 1. The van der Waals surface area contributed by atoms with Crippen molar-refractivity contribution in [2.24, 2.45) is 5.92 Å². The SMILES string of the molecule is COC(=O)c1ccc(OC(C)C(=O)NCC(C)C)cc1. The molecule has 0 saturated heterocycles. The van der Waals surface area contributed by atoms with Crippen LogP contribution >= 0.6 is 0 Å². The summed E-state index contributed by atoms with van der Waals surface area (Å²) in [6.45, 7) is 6.35. The van der Waals surface area contributed by atoms with Gasteiger partial charge in [-0.3, -0.25) is 4.79 Å². The number of rotatable bonds is 6. The standard InChI is InChI=1S/C15H21NO4/c1-10(2)9-16-14(17)11(3)20-13-7-5-12(6-8-13)15(18)19-4/h5-8,10-11H,9H2,1-4H3,(H,16,17). The van der Waals surface area contributed by atoms with Crippen LogP contribution in [0.5, 0.6) is 5.75 Å². The minimum Gasteiger partial charge on any atom is -0.481 e. The zero-order valence-corrected chi connectivity index (χ0v) is 12.3. The number of benzene rings is 1. The maximum absolute atomic E-state index is 11.8. The monoisotopic (exact) mass is 279 g/mol. The van der Waals surface area contributed by atoms with Gasteiger partial charge in [0, 0.05) is 6.54 Å². The summed E-state index contributed by atoms with van der Waals surface area (Å²) in [6, 6.07) is 6.47. The Kier molecular flexibility index (Phi) is 6.03. The first-order valence-electron chi connectivity index (χ1n) is 6.56. The summed E-state index contributed by atoms with van der Waals surface area (Å²) < 4.78 is 10.1. The van der Waals surface area contributed by atoms with Crippen molar-refractivity contribution in [1.82, 2.24) is 5.32 Å². The van der Waals surface area contributed by atoms with E-state index in [4.69, 9.17) is 4.74 Å². The average Bonchev–Trinajstić information content (AvgIpc) is 2.44. The molecule has 110 valence electrons. The molecule has 0 aliphatic heterocycles. The molecule has 1 aromatic carbocycles. The van der Waals surface area contributed by atoms with Gasteiger partial charge in [0.2, 0.25) is 0 Å². The number of hydrogen-bond acceptors (Lipinski definition) is 4. The van der Waals surface area contributed by atoms with Crippen molar-refractivity contribution in [2.45, 2.75) is 26.9 Å². The zero-order chi connectivity index (χ0) is 15.1. The molecule has 0 bridgehead atoms. The van der Waals surface area contributed by atoms with Crippen molar-refractivity contribution in [2.75, 3.05) is 13.7 Å². The maximum Gasteiger partial charge on any atom is 0.337 e. The Balaban J connectivity index is 2.55. The lowest BCUT2D eigenvalue weighted by Gasteiger charge is -2.15. The molecular formula is C15H21NO4. The molecule has 0 radical (unpaired) electrons. The first-order valence-corrected chi connectivity index (χ1v) is 6.56. The van der Waals surface area contributed by atoms with Crippen LogP contribution < -0.4 is 10.1 Å². The van der Waals surface area contributed by atoms with E-state index in [1.807, 2.05) is 13.8 Å². The molecule has 0 aromatic heterocycles. The molecule has 20 heavy (non-hydrogen) atoms. The Morgan fingerprint density at radius 2 is 1.75 bits per heavy atom. The van der Waals surface area contributed by atoms with E-state index in [-0.39, 0.29) is 5.91 Å². The number of carbonyl (C=O) groups excluding carboxylic acids is 2. The van der Waals surface area contributed by atoms with E-state index in [1.165, 1.54) is 7.11 Å². The smallest absolute Gasteiger partial charge is 0.337 e. The topological polar surface area (TPSA) is 64.6 Å². The van der Waals surface area contributed by atoms with Crippen LogP contribution in [-0.4, -0.2) is 31.6 Å². The van der Waals surface area contributed by atoms with Gasteiger partial charge in [0.1, 0.15) is 5.75 Å². The predicted molar refractivity (Wildman–Crippen MR) is 75.7 cm³/mol. The average molecular weight is 279 g/mol. The van der Waals surface area contributed by atoms with Crippen molar-refractivity contribution in [3.63, 3.8) is 0 Å². The van der Waals surface area contributed by atoms with Crippen molar-refractivity contribution >= 4 is 11.9 Å². The summed E-state index contributed by atoms with van der Waals surface area (Å²) in [4.78, 5) is 23.0. The highest BCUT2D eigenvalue weighted by Crippen LogP contribution is 2.14. The number of carbonyl (C=O) groups is 2. The van der Waals surface area contributed by atoms with Crippen LogP contribution in [0.15, 0.2) is 24.3 Å². The maximum atomic E-state index is 11.8. The molecule has 0 aliphatic carbocycles. The molecule has 0 spiro atoms. The lowest BCUT2D eigenvalue weighted by Crippen LogP contribution is -2.38. The van der Waals surface area contributed by atoms with Gasteiger partial charge in [0.15, 0.2) is 6.10 Å². The lowest BCUT2D eigenvalue weighted by atomic mass is 10.2. The molecule has 5 heteroatoms. The third-order valence-corrected chi connectivity index (χ3v) is 2.64. The van der Waals surface area contributed by atoms with Gasteiger partial charge in [-0.05, 0) is 37.1 Å². The van der Waals surface area contributed by atoms with Crippen LogP contribution in [0, 0.1) is 5.92 Å². The highest BCUT2D eigenvalue weighted by molar-refractivity contribution is 5.89. The summed E-state index contributed by atoms with van der Waals surface area (Å²) in [5.41, 5.74) is 0.441. The van der Waals surface area contributed by atoms with Crippen molar-refractivity contribution in [1.29, 1.82) is 0 Å². The number of ether oxygens (including phenoxy) is 2. The minimum atomic E-state index is -0.585. The Hall–Kier alpha value is -2.04. The normalized spacial score (nSPS) is 11.8. The number of esters is 1. The first-order chi connectivity index (χ1) is 9.43. The van der Waals surface area contributed by atoms with Crippen LogP contribution in [0.2, 0.25) is 0 Å². The third-order valence-electron chi connectivity index (χ3n) is 2.64. The summed E-state index contributed by atoms with van der Waals surface area (Å²) in [7, 11) is 1.33. The lowest BCUT2D eigenvalue weighted by molar-refractivity contribution is -0.127. The molecule has 1 aromatic rings. The van der Waals surface area contributed by atoms with Gasteiger partial charge < -0.3 is 14.8 Å². The van der Waals surface area contributed by atoms with E-state index in [9.17, 15) is 9.59 Å². The second-order valence-electron chi connectivity index (χ2n) is 4.92. The fourth-order valence-corrected chi connectivity index (χ4v) is 1.49. The molecule has 1 N–H and O–H groups in total. The van der Waals surface area contributed by atoms with E-state index in [0.29, 0.717) is 23.8 Å². The van der Waals surface area contributed by atoms with Crippen LogP contribution in [0.4, 0.5) is 0 Å². The molecule has 1 atom stereocenters. The summed E-state index contributed by atoms with van der Waals surface area (Å²) >= 11 is 0. The largest absolute Gasteiger partial charge is 0.481 e. The molecule has 5 nitrogen and oxygen atoms in total. The summed E-state index contributed by atoms with van der Waals surface area (Å²) in [5.74, 6) is 0.366. The second-order valence-corrected chi connectivity index (χ2v) is 4.92. The Labute approximate surface area is 119 Å². The summed E-state index contributed by atoms with van der Waals surface area (Å²) in [6.07, 6.45) is -0.585. The van der Waals surface area contributed by atoms with Gasteiger partial charge in [-0.1, -0.05) is 13.8 Å². The van der Waals surface area contributed by atoms with Crippen LogP contribution in [0.3, 0.4) is 0 Å². The molecule has 0 heterocycles. The number of amides is 1. The predicted octanol–water partition coefficient (Wildman–Crippen LogP) is 2.01. The second kappa shape index (κ2) is 7.53. The van der Waals surface area contributed by atoms with Gasteiger partial charge in [-0.2, -0.15) is 0 Å². The van der Waals surface area contributed by atoms with E-state index in [1.54, 1.807) is 31.2 Å². The fraction of sp³-hybridized carbons (Fsp3) is 0.467. The van der Waals surface area contributed by atoms with Gasteiger partial charge in [0.25, 0.3) is 5.91 Å². The van der Waals surface area contributed by atoms with E-state index in [0.717, 1.165) is 0 Å². The van der Waals surface area contributed by atoms with Gasteiger partial charge >= 0.3 is 5.97 Å². The van der Waals surface area contributed by atoms with E-state index in [2.05, 4.69) is 10.1 Å². The molecule has 1 rings (SSSR count). The Bertz CT molecular complexity index is 453. The van der Waals surface area contributed by atoms with Gasteiger partial charge in [0.05, 0.1) is 12.7 Å². The van der Waals surface area contributed by atoms with Crippen LogP contribution in [0.1, 0.15) is 31.1 Å². The van der Waals surface area contributed by atoms with Crippen molar-refractivity contribution in [3.05, 3.63) is 29.8 Å². The Morgan fingerprint density at radius 3 is 2.25 bits per heavy atom. The van der Waals surface area contributed by atoms with Gasteiger partial charge in [-0.15, -0.1) is 0 Å². The molecule has 0 aliphatic rings. The van der Waals surface area contributed by atoms with Crippen molar-refractivity contribution in [3.8, 4) is 5.75 Å². The minimum absolute atomic E-state index is 0.157. The molecule has 0 saturated carbocycles. The van der Waals surface area contributed by atoms with E-state index < -0.39 is 12.1 Å². The van der Waals surface area contributed by atoms with Crippen LogP contribution in [-0.2, 0) is 9.53 Å². The molecule has 1 amide bonds. The molecule has 0 fully saturated rings. The number of methoxy groups -OCH3 is 1. The molecule has 1 unspecified atom stereocenters. The molecular weight excluding hydrogens is 258 g/mol. The van der Waals surface area contributed by atoms with E-state index >= 15 is 0 Å².